The van der Waals surface area contributed by atoms with Crippen molar-refractivity contribution in [1.29, 1.82) is 0 Å². The fourth-order valence-corrected chi connectivity index (χ4v) is 0.941. The van der Waals surface area contributed by atoms with E-state index < -0.39 is 5.97 Å². The first-order chi connectivity index (χ1) is 5.68. The lowest BCUT2D eigenvalue weighted by Gasteiger charge is -1.93. The van der Waals surface area contributed by atoms with Crippen molar-refractivity contribution in [2.45, 2.75) is 6.92 Å². The summed E-state index contributed by atoms with van der Waals surface area (Å²) in [6, 6.07) is 7.67. The Kier molecular flexibility index (Phi) is 4.48. The Hall–Kier alpha value is -1.61. The van der Waals surface area contributed by atoms with Gasteiger partial charge in [-0.2, -0.15) is 0 Å². The van der Waals surface area contributed by atoms with Crippen LogP contribution < -0.4 is 6.15 Å². The average molecular weight is 180 g/mol. The second-order valence-corrected chi connectivity index (χ2v) is 2.59. The highest BCUT2D eigenvalue weighted by Gasteiger charge is 1.89. The molecule has 13 heavy (non-hydrogen) atoms. The van der Waals surface area contributed by atoms with Crippen LogP contribution >= 0.6 is 0 Å². The Balaban J connectivity index is 0.00000144. The van der Waals surface area contributed by atoms with E-state index in [1.807, 2.05) is 31.2 Å². The number of carboxylic acid groups (broad SMARTS) is 1. The quantitative estimate of drug-likeness (QED) is 0.686. The minimum atomic E-state index is -0.920. The van der Waals surface area contributed by atoms with Crippen molar-refractivity contribution in [3.8, 4) is 0 Å². The molecule has 1 aromatic rings. The number of rotatable bonds is 2. The van der Waals surface area contributed by atoms with E-state index in [2.05, 4.69) is 0 Å². The van der Waals surface area contributed by atoms with Crippen LogP contribution in [0, 0.1) is 6.92 Å². The number of hydrogen-bond acceptors (Lipinski definition) is 1. The molecule has 0 spiro atoms. The minimum Gasteiger partial charge on any atom is -0.478 e. The van der Waals surface area contributed by atoms with Crippen LogP contribution in [-0.2, 0) is 4.79 Å². The van der Waals surface area contributed by atoms with Crippen LogP contribution in [0.15, 0.2) is 30.3 Å². The molecule has 5 N–H and O–H groups in total. The number of carboxylic acids is 1. The van der Waals surface area contributed by atoms with Crippen LogP contribution in [-0.4, -0.2) is 11.1 Å². The zero-order chi connectivity index (χ0) is 8.97. The summed E-state index contributed by atoms with van der Waals surface area (Å²) in [6.45, 7) is 1.97. The van der Waals surface area contributed by atoms with Crippen molar-refractivity contribution in [3.05, 3.63) is 41.5 Å². The van der Waals surface area contributed by atoms with Gasteiger partial charge in [0.25, 0.3) is 0 Å². The summed E-state index contributed by atoms with van der Waals surface area (Å²) in [7, 11) is 0. The molecule has 0 aromatic heterocycles. The molecule has 0 radical (unpaired) electrons. The highest BCUT2D eigenvalue weighted by molar-refractivity contribution is 5.85. The van der Waals surface area contributed by atoms with Gasteiger partial charge in [0.2, 0.25) is 0 Å². The fourth-order valence-electron chi connectivity index (χ4n) is 0.941. The Morgan fingerprint density at radius 1 is 1.46 bits per heavy atom. The molecule has 0 saturated carbocycles. The number of carbonyl (C=O) groups is 1. The first kappa shape index (κ1) is 11.4. The second kappa shape index (κ2) is 5.11. The van der Waals surface area contributed by atoms with Crippen LogP contribution in [0.25, 0.3) is 6.08 Å². The molecule has 70 valence electrons. The minimum absolute atomic E-state index is 0. The molecule has 1 aromatic carbocycles. The molecule has 0 heterocycles. The molecule has 3 heteroatoms. The average Bonchev–Trinajstić information content (AvgIpc) is 2.01. The van der Waals surface area contributed by atoms with Crippen LogP contribution in [0.1, 0.15) is 11.1 Å². The number of benzene rings is 1. The maximum atomic E-state index is 10.2. The molecule has 0 amide bonds. The molecule has 0 fully saturated rings. The molecule has 3 nitrogen and oxygen atoms in total. The molecular formula is C10H14NO2+. The number of aliphatic carboxylic acids is 1. The van der Waals surface area contributed by atoms with Gasteiger partial charge < -0.3 is 11.3 Å². The third kappa shape index (κ3) is 4.08. The van der Waals surface area contributed by atoms with Gasteiger partial charge in [-0.15, -0.1) is 0 Å². The fraction of sp³-hybridized carbons (Fsp3) is 0.100. The first-order valence-electron chi connectivity index (χ1n) is 3.66. The molecule has 0 unspecified atom stereocenters. The molecule has 0 aliphatic rings. The largest absolute Gasteiger partial charge is 0.478 e. The van der Waals surface area contributed by atoms with Gasteiger partial charge >= 0.3 is 5.97 Å². The first-order valence-corrected chi connectivity index (χ1v) is 3.66. The molecular weight excluding hydrogens is 166 g/mol. The lowest BCUT2D eigenvalue weighted by molar-refractivity contribution is -0.131. The highest BCUT2D eigenvalue weighted by Crippen LogP contribution is 2.05. The summed E-state index contributed by atoms with van der Waals surface area (Å²) in [5, 5.41) is 8.36. The van der Waals surface area contributed by atoms with E-state index in [9.17, 15) is 4.79 Å². The standard InChI is InChI=1S/C10H10O2.H3N/c1-8-3-2-4-9(7-8)5-6-10(11)12;/h2-7H,1H3,(H,11,12);1H3/p+1/b6-5+;. The summed E-state index contributed by atoms with van der Waals surface area (Å²) in [5.41, 5.74) is 2.04. The van der Waals surface area contributed by atoms with Crippen molar-refractivity contribution in [3.63, 3.8) is 0 Å². The van der Waals surface area contributed by atoms with Crippen LogP contribution in [0.5, 0.6) is 0 Å². The van der Waals surface area contributed by atoms with Crippen molar-refractivity contribution in [2.24, 2.45) is 0 Å². The Morgan fingerprint density at radius 3 is 2.69 bits per heavy atom. The van der Waals surface area contributed by atoms with Crippen LogP contribution in [0.2, 0.25) is 0 Å². The van der Waals surface area contributed by atoms with E-state index in [4.69, 9.17) is 5.11 Å². The smallest absolute Gasteiger partial charge is 0.328 e. The van der Waals surface area contributed by atoms with Gasteiger partial charge in [-0.3, -0.25) is 0 Å². The monoisotopic (exact) mass is 180 g/mol. The topological polar surface area (TPSA) is 73.8 Å². The SMILES string of the molecule is Cc1cccc(/C=C/C(=O)O)c1.[NH4+]. The lowest BCUT2D eigenvalue weighted by atomic mass is 10.1. The van der Waals surface area contributed by atoms with Crippen molar-refractivity contribution < 1.29 is 9.90 Å². The normalized spacial score (nSPS) is 9.62. The zero-order valence-corrected chi connectivity index (χ0v) is 7.82. The van der Waals surface area contributed by atoms with Gasteiger partial charge in [-0.25, -0.2) is 4.79 Å². The van der Waals surface area contributed by atoms with Gasteiger partial charge in [0.05, 0.1) is 0 Å². The maximum Gasteiger partial charge on any atom is 0.328 e. The van der Waals surface area contributed by atoms with Crippen LogP contribution in [0.4, 0.5) is 0 Å². The predicted octanol–water partition coefficient (Wildman–Crippen LogP) is 2.47. The Bertz CT molecular complexity index is 318. The molecule has 0 bridgehead atoms. The highest BCUT2D eigenvalue weighted by atomic mass is 16.4. The van der Waals surface area contributed by atoms with E-state index in [0.29, 0.717) is 0 Å². The molecule has 1 rings (SSSR count). The molecule has 0 aliphatic carbocycles. The third-order valence-electron chi connectivity index (χ3n) is 1.46. The lowest BCUT2D eigenvalue weighted by Crippen LogP contribution is -1.85. The molecule has 0 saturated heterocycles. The van der Waals surface area contributed by atoms with Gasteiger partial charge in [0.1, 0.15) is 0 Å². The maximum absolute atomic E-state index is 10.2. The van der Waals surface area contributed by atoms with Crippen LogP contribution in [0.3, 0.4) is 0 Å². The molecule has 0 atom stereocenters. The van der Waals surface area contributed by atoms with E-state index in [1.165, 1.54) is 0 Å². The Labute approximate surface area is 77.3 Å². The number of quaternary nitrogens is 1. The van der Waals surface area contributed by atoms with E-state index in [-0.39, 0.29) is 6.15 Å². The number of hydrogen-bond donors (Lipinski definition) is 2. The van der Waals surface area contributed by atoms with Gasteiger partial charge in [-0.1, -0.05) is 29.8 Å². The zero-order valence-electron chi connectivity index (χ0n) is 7.82. The summed E-state index contributed by atoms with van der Waals surface area (Å²) in [4.78, 5) is 10.2. The predicted molar refractivity (Wildman–Crippen MR) is 53.8 cm³/mol. The van der Waals surface area contributed by atoms with E-state index in [1.54, 1.807) is 6.08 Å². The summed E-state index contributed by atoms with van der Waals surface area (Å²) >= 11 is 0. The van der Waals surface area contributed by atoms with Crippen molar-refractivity contribution >= 4 is 12.0 Å². The Morgan fingerprint density at radius 2 is 2.15 bits per heavy atom. The van der Waals surface area contributed by atoms with E-state index in [0.717, 1.165) is 17.2 Å². The molecule has 0 aliphatic heterocycles. The van der Waals surface area contributed by atoms with Gasteiger partial charge in [0.15, 0.2) is 0 Å². The van der Waals surface area contributed by atoms with Gasteiger partial charge in [-0.05, 0) is 18.6 Å². The summed E-state index contributed by atoms with van der Waals surface area (Å²) in [6.07, 6.45) is 2.71. The van der Waals surface area contributed by atoms with Gasteiger partial charge in [0, 0.05) is 6.08 Å². The van der Waals surface area contributed by atoms with Crippen molar-refractivity contribution in [2.75, 3.05) is 0 Å². The third-order valence-corrected chi connectivity index (χ3v) is 1.46. The number of aryl methyl sites for hydroxylation is 1. The van der Waals surface area contributed by atoms with Crippen molar-refractivity contribution in [1.82, 2.24) is 6.15 Å². The van der Waals surface area contributed by atoms with E-state index >= 15 is 0 Å². The summed E-state index contributed by atoms with van der Waals surface area (Å²) < 4.78 is 0. The summed E-state index contributed by atoms with van der Waals surface area (Å²) in [5.74, 6) is -0.920. The second-order valence-electron chi connectivity index (χ2n) is 2.59.